The van der Waals surface area contributed by atoms with Crippen LogP contribution in [0, 0.1) is 0 Å². The zero-order valence-corrected chi connectivity index (χ0v) is 15.7. The number of hydrogen-bond acceptors (Lipinski definition) is 3. The number of nitrogens with one attached hydrogen (secondary N) is 2. The first-order valence-corrected chi connectivity index (χ1v) is 9.23. The lowest BCUT2D eigenvalue weighted by Crippen LogP contribution is -2.26. The monoisotopic (exact) mass is 416 g/mol. The fraction of sp³-hybridized carbons (Fsp3) is 0.222. The third-order valence-corrected chi connectivity index (χ3v) is 4.85. The molecule has 0 saturated carbocycles. The number of carbonyl (C=O) groups is 2. The van der Waals surface area contributed by atoms with E-state index in [-0.39, 0.29) is 17.3 Å². The van der Waals surface area contributed by atoms with E-state index in [0.29, 0.717) is 10.7 Å². The van der Waals surface area contributed by atoms with Gasteiger partial charge in [-0.3, -0.25) is 9.59 Å². The van der Waals surface area contributed by atoms with Crippen LogP contribution in [0.3, 0.4) is 0 Å². The van der Waals surface area contributed by atoms with E-state index in [9.17, 15) is 22.8 Å². The molecule has 0 aliphatic rings. The number of anilines is 2. The number of benzene rings is 2. The fourth-order valence-corrected chi connectivity index (χ4v) is 2.89. The third-order valence-electron chi connectivity index (χ3n) is 3.45. The van der Waals surface area contributed by atoms with Crippen molar-refractivity contribution in [2.75, 3.05) is 16.4 Å². The summed E-state index contributed by atoms with van der Waals surface area (Å²) in [4.78, 5) is 24.1. The molecule has 0 fully saturated rings. The average Bonchev–Trinajstić information content (AvgIpc) is 2.61. The Labute approximate surface area is 163 Å². The van der Waals surface area contributed by atoms with E-state index in [4.69, 9.17) is 11.6 Å². The molecule has 2 N–H and O–H groups in total. The Morgan fingerprint density at radius 2 is 1.70 bits per heavy atom. The van der Waals surface area contributed by atoms with Gasteiger partial charge in [-0.1, -0.05) is 23.7 Å². The maximum atomic E-state index is 13.0. The zero-order valence-electron chi connectivity index (χ0n) is 14.1. The quantitative estimate of drug-likeness (QED) is 0.692. The molecule has 9 heteroatoms. The number of amides is 2. The summed E-state index contributed by atoms with van der Waals surface area (Å²) in [5.41, 5.74) is -0.676. The van der Waals surface area contributed by atoms with Gasteiger partial charge in [0.05, 0.1) is 22.3 Å². The standard InChI is InChI=1S/C18H16ClF3N2O2S/c1-11(27-10-16(25)23-13-8-6-12(19)7-9-13)17(26)24-15-5-3-2-4-14(15)18(20,21)22/h2-9,11H,10H2,1H3,(H,23,25)(H,24,26). The van der Waals surface area contributed by atoms with Crippen LogP contribution in [0.4, 0.5) is 24.5 Å². The van der Waals surface area contributed by atoms with E-state index >= 15 is 0 Å². The molecule has 2 aromatic carbocycles. The Balaban J connectivity index is 1.89. The van der Waals surface area contributed by atoms with Gasteiger partial charge in [0.15, 0.2) is 0 Å². The van der Waals surface area contributed by atoms with Crippen LogP contribution >= 0.6 is 23.4 Å². The summed E-state index contributed by atoms with van der Waals surface area (Å²) in [6.07, 6.45) is -4.57. The van der Waals surface area contributed by atoms with Crippen LogP contribution in [0.25, 0.3) is 0 Å². The van der Waals surface area contributed by atoms with Crippen molar-refractivity contribution in [3.8, 4) is 0 Å². The predicted molar refractivity (Wildman–Crippen MR) is 102 cm³/mol. The van der Waals surface area contributed by atoms with Crippen molar-refractivity contribution < 1.29 is 22.8 Å². The maximum absolute atomic E-state index is 13.0. The van der Waals surface area contributed by atoms with E-state index in [2.05, 4.69) is 10.6 Å². The molecule has 1 atom stereocenters. The number of hydrogen-bond donors (Lipinski definition) is 2. The minimum absolute atomic E-state index is 0.0296. The van der Waals surface area contributed by atoms with Gasteiger partial charge < -0.3 is 10.6 Å². The SMILES string of the molecule is CC(SCC(=O)Nc1ccc(Cl)cc1)C(=O)Nc1ccccc1C(F)(F)F. The first-order chi connectivity index (χ1) is 12.7. The van der Waals surface area contributed by atoms with E-state index in [0.717, 1.165) is 17.8 Å². The van der Waals surface area contributed by atoms with E-state index in [1.165, 1.54) is 25.1 Å². The predicted octanol–water partition coefficient (Wildman–Crippen LogP) is 5.06. The lowest BCUT2D eigenvalue weighted by atomic mass is 10.1. The second-order valence-corrected chi connectivity index (χ2v) is 7.31. The van der Waals surface area contributed by atoms with Crippen LogP contribution in [0.1, 0.15) is 12.5 Å². The smallest absolute Gasteiger partial charge is 0.325 e. The topological polar surface area (TPSA) is 58.2 Å². The van der Waals surface area contributed by atoms with Crippen molar-refractivity contribution >= 4 is 46.6 Å². The highest BCUT2D eigenvalue weighted by Gasteiger charge is 2.33. The van der Waals surface area contributed by atoms with E-state index in [1.54, 1.807) is 24.3 Å². The molecule has 0 spiro atoms. The number of thioether (sulfide) groups is 1. The summed E-state index contributed by atoms with van der Waals surface area (Å²) >= 11 is 6.78. The summed E-state index contributed by atoms with van der Waals surface area (Å²) in [7, 11) is 0. The van der Waals surface area contributed by atoms with Crippen molar-refractivity contribution in [3.63, 3.8) is 0 Å². The molecule has 144 valence electrons. The van der Waals surface area contributed by atoms with E-state index < -0.39 is 22.9 Å². The highest BCUT2D eigenvalue weighted by atomic mass is 35.5. The highest BCUT2D eigenvalue weighted by molar-refractivity contribution is 8.01. The number of alkyl halides is 3. The molecular weight excluding hydrogens is 401 g/mol. The summed E-state index contributed by atoms with van der Waals surface area (Å²) in [5.74, 6) is -0.980. The van der Waals surface area contributed by atoms with Gasteiger partial charge in [0.1, 0.15) is 0 Å². The minimum atomic E-state index is -4.57. The number of rotatable bonds is 6. The van der Waals surface area contributed by atoms with Gasteiger partial charge in [-0.2, -0.15) is 13.2 Å². The molecule has 0 aliphatic carbocycles. The summed E-state index contributed by atoms with van der Waals surface area (Å²) < 4.78 is 38.9. The van der Waals surface area contributed by atoms with Crippen molar-refractivity contribution in [1.29, 1.82) is 0 Å². The largest absolute Gasteiger partial charge is 0.418 e. The van der Waals surface area contributed by atoms with Crippen molar-refractivity contribution in [2.45, 2.75) is 18.3 Å². The lowest BCUT2D eigenvalue weighted by Gasteiger charge is -2.16. The maximum Gasteiger partial charge on any atom is 0.418 e. The normalized spacial score (nSPS) is 12.3. The molecule has 1 unspecified atom stereocenters. The Hall–Kier alpha value is -2.19. The summed E-state index contributed by atoms with van der Waals surface area (Å²) in [5, 5.41) is 4.73. The van der Waals surface area contributed by atoms with Crippen LogP contribution in [0.2, 0.25) is 5.02 Å². The van der Waals surface area contributed by atoms with Gasteiger partial charge in [-0.25, -0.2) is 0 Å². The summed E-state index contributed by atoms with van der Waals surface area (Å²) in [6, 6.07) is 11.2. The van der Waals surface area contributed by atoms with Gasteiger partial charge >= 0.3 is 6.18 Å². The fourth-order valence-electron chi connectivity index (χ4n) is 2.08. The molecule has 27 heavy (non-hydrogen) atoms. The second kappa shape index (κ2) is 9.14. The second-order valence-electron chi connectivity index (χ2n) is 5.54. The Morgan fingerprint density at radius 3 is 2.33 bits per heavy atom. The van der Waals surface area contributed by atoms with Crippen molar-refractivity contribution in [3.05, 3.63) is 59.1 Å². The Bertz CT molecular complexity index is 813. The van der Waals surface area contributed by atoms with Crippen LogP contribution in [-0.2, 0) is 15.8 Å². The average molecular weight is 417 g/mol. The first kappa shape index (κ1) is 21.1. The van der Waals surface area contributed by atoms with Crippen LogP contribution in [-0.4, -0.2) is 22.8 Å². The van der Waals surface area contributed by atoms with E-state index in [1.807, 2.05) is 0 Å². The molecule has 4 nitrogen and oxygen atoms in total. The number of halogens is 4. The lowest BCUT2D eigenvalue weighted by molar-refractivity contribution is -0.137. The molecule has 0 heterocycles. The number of carbonyl (C=O) groups excluding carboxylic acids is 2. The number of para-hydroxylation sites is 1. The third kappa shape index (κ3) is 6.48. The van der Waals surface area contributed by atoms with Crippen molar-refractivity contribution in [2.24, 2.45) is 0 Å². The molecule has 0 aromatic heterocycles. The Kier molecular flexibility index (Phi) is 7.15. The van der Waals surface area contributed by atoms with Gasteiger partial charge in [-0.05, 0) is 43.3 Å². The minimum Gasteiger partial charge on any atom is -0.325 e. The molecule has 0 aliphatic heterocycles. The molecule has 0 saturated heterocycles. The van der Waals surface area contributed by atoms with Crippen LogP contribution < -0.4 is 10.6 Å². The molecule has 2 aromatic rings. The zero-order chi connectivity index (χ0) is 20.0. The first-order valence-electron chi connectivity index (χ1n) is 7.81. The molecule has 2 rings (SSSR count). The van der Waals surface area contributed by atoms with Gasteiger partial charge in [0.25, 0.3) is 0 Å². The summed E-state index contributed by atoms with van der Waals surface area (Å²) in [6.45, 7) is 1.52. The molecule has 0 bridgehead atoms. The highest BCUT2D eigenvalue weighted by Crippen LogP contribution is 2.34. The van der Waals surface area contributed by atoms with Gasteiger partial charge in [0.2, 0.25) is 11.8 Å². The van der Waals surface area contributed by atoms with Crippen LogP contribution in [0.15, 0.2) is 48.5 Å². The molecular formula is C18H16ClF3N2O2S. The van der Waals surface area contributed by atoms with Gasteiger partial charge in [0, 0.05) is 10.7 Å². The van der Waals surface area contributed by atoms with Gasteiger partial charge in [-0.15, -0.1) is 11.8 Å². The molecule has 2 amide bonds. The molecule has 0 radical (unpaired) electrons. The van der Waals surface area contributed by atoms with Crippen molar-refractivity contribution in [1.82, 2.24) is 0 Å². The Morgan fingerprint density at radius 1 is 1.07 bits per heavy atom. The van der Waals surface area contributed by atoms with Crippen LogP contribution in [0.5, 0.6) is 0 Å².